The molecule has 4 bridgehead atoms. The van der Waals surface area contributed by atoms with Crippen LogP contribution in [0.25, 0.3) is 17.2 Å². The fourth-order valence-corrected chi connectivity index (χ4v) is 6.86. The Morgan fingerprint density at radius 3 is 2.14 bits per heavy atom. The lowest BCUT2D eigenvalue weighted by Crippen LogP contribution is -2.48. The lowest BCUT2D eigenvalue weighted by atomic mass is 9.48. The first-order chi connectivity index (χ1) is 13.9. The van der Waals surface area contributed by atoms with Crippen LogP contribution < -0.4 is 0 Å². The molecule has 2 aromatic carbocycles. The van der Waals surface area contributed by atoms with Gasteiger partial charge in [-0.25, -0.2) is 4.79 Å². The van der Waals surface area contributed by atoms with Gasteiger partial charge in [-0.15, -0.1) is 0 Å². The first kappa shape index (κ1) is 18.7. The van der Waals surface area contributed by atoms with Crippen LogP contribution in [-0.4, -0.2) is 16.2 Å². The molecule has 0 spiro atoms. The fourth-order valence-electron chi connectivity index (χ4n) is 6.59. The molecule has 4 aliphatic rings. The lowest BCUT2D eigenvalue weighted by Gasteiger charge is -2.57. The van der Waals surface area contributed by atoms with E-state index in [0.717, 1.165) is 46.1 Å². The number of carbonyl (C=O) groups is 1. The molecule has 0 atom stereocenters. The minimum Gasteiger partial charge on any atom is -0.508 e. The van der Waals surface area contributed by atoms with Gasteiger partial charge < -0.3 is 10.2 Å². The predicted octanol–water partition coefficient (Wildman–Crippen LogP) is 6.28. The van der Waals surface area contributed by atoms with E-state index in [2.05, 4.69) is 6.07 Å². The minimum absolute atomic E-state index is 0.0995. The summed E-state index contributed by atoms with van der Waals surface area (Å²) < 4.78 is 0. The van der Waals surface area contributed by atoms with Crippen molar-refractivity contribution in [2.45, 2.75) is 43.9 Å². The maximum absolute atomic E-state index is 10.8. The largest absolute Gasteiger partial charge is 0.508 e. The van der Waals surface area contributed by atoms with Gasteiger partial charge in [0.2, 0.25) is 0 Å². The average Bonchev–Trinajstić information content (AvgIpc) is 2.66. The van der Waals surface area contributed by atoms with Crippen LogP contribution >= 0.6 is 11.6 Å². The van der Waals surface area contributed by atoms with E-state index in [1.54, 1.807) is 12.1 Å². The molecule has 0 aliphatic heterocycles. The number of benzene rings is 2. The van der Waals surface area contributed by atoms with Crippen LogP contribution in [-0.2, 0) is 10.2 Å². The third-order valence-corrected chi connectivity index (χ3v) is 7.65. The minimum atomic E-state index is -0.962. The molecule has 29 heavy (non-hydrogen) atoms. The van der Waals surface area contributed by atoms with Crippen LogP contribution in [0.15, 0.2) is 42.5 Å². The summed E-state index contributed by atoms with van der Waals surface area (Å²) in [5.41, 5.74) is 3.91. The predicted molar refractivity (Wildman–Crippen MR) is 115 cm³/mol. The Balaban J connectivity index is 1.52. The van der Waals surface area contributed by atoms with Gasteiger partial charge in [0.1, 0.15) is 5.75 Å². The highest BCUT2D eigenvalue weighted by Crippen LogP contribution is 2.62. The van der Waals surface area contributed by atoms with Gasteiger partial charge in [-0.2, -0.15) is 0 Å². The number of hydrogen-bond acceptors (Lipinski definition) is 2. The number of hydrogen-bond donors (Lipinski definition) is 2. The van der Waals surface area contributed by atoms with Crippen molar-refractivity contribution in [3.63, 3.8) is 0 Å². The topological polar surface area (TPSA) is 57.5 Å². The Bertz CT molecular complexity index is 955. The van der Waals surface area contributed by atoms with Crippen LogP contribution in [0.3, 0.4) is 0 Å². The van der Waals surface area contributed by atoms with Crippen molar-refractivity contribution >= 4 is 23.6 Å². The molecule has 0 amide bonds. The van der Waals surface area contributed by atoms with E-state index in [1.807, 2.05) is 24.3 Å². The second-order valence-corrected chi connectivity index (χ2v) is 9.75. The van der Waals surface area contributed by atoms with Gasteiger partial charge in [0.15, 0.2) is 0 Å². The molecule has 4 saturated carbocycles. The highest BCUT2D eigenvalue weighted by molar-refractivity contribution is 6.33. The van der Waals surface area contributed by atoms with E-state index in [4.69, 9.17) is 16.7 Å². The molecule has 0 radical (unpaired) electrons. The zero-order valence-electron chi connectivity index (χ0n) is 16.3. The van der Waals surface area contributed by atoms with Crippen LogP contribution in [0.5, 0.6) is 5.75 Å². The van der Waals surface area contributed by atoms with Gasteiger partial charge >= 0.3 is 5.97 Å². The van der Waals surface area contributed by atoms with E-state index in [0.29, 0.717) is 10.8 Å². The second kappa shape index (κ2) is 6.91. The summed E-state index contributed by atoms with van der Waals surface area (Å²) >= 11 is 6.53. The molecule has 0 unspecified atom stereocenters. The molecule has 0 heterocycles. The summed E-state index contributed by atoms with van der Waals surface area (Å²) in [6.45, 7) is 0. The van der Waals surface area contributed by atoms with E-state index < -0.39 is 5.97 Å². The third-order valence-electron chi connectivity index (χ3n) is 7.34. The average molecular weight is 409 g/mol. The first-order valence-corrected chi connectivity index (χ1v) is 10.8. The molecule has 3 nitrogen and oxygen atoms in total. The summed E-state index contributed by atoms with van der Waals surface area (Å²) in [5.74, 6) is 1.79. The molecule has 2 N–H and O–H groups in total. The summed E-state index contributed by atoms with van der Waals surface area (Å²) in [5, 5.41) is 20.2. The van der Waals surface area contributed by atoms with Crippen molar-refractivity contribution in [2.75, 3.05) is 0 Å². The number of rotatable bonds is 4. The summed E-state index contributed by atoms with van der Waals surface area (Å²) in [7, 11) is 0. The molecule has 4 fully saturated rings. The zero-order valence-corrected chi connectivity index (χ0v) is 17.0. The van der Waals surface area contributed by atoms with Crippen molar-refractivity contribution in [1.82, 2.24) is 0 Å². The smallest absolute Gasteiger partial charge is 0.328 e. The van der Waals surface area contributed by atoms with Crippen LogP contribution in [0, 0.1) is 17.8 Å². The number of phenols is 1. The van der Waals surface area contributed by atoms with Gasteiger partial charge in [0, 0.05) is 17.2 Å². The number of carboxylic acids is 1. The van der Waals surface area contributed by atoms with E-state index in [9.17, 15) is 9.90 Å². The van der Waals surface area contributed by atoms with Crippen molar-refractivity contribution in [1.29, 1.82) is 0 Å². The number of aliphatic carboxylic acids is 1. The molecule has 150 valence electrons. The van der Waals surface area contributed by atoms with Gasteiger partial charge in [-0.1, -0.05) is 35.9 Å². The van der Waals surface area contributed by atoms with Crippen molar-refractivity contribution < 1.29 is 15.0 Å². The summed E-state index contributed by atoms with van der Waals surface area (Å²) in [6.07, 6.45) is 10.4. The summed E-state index contributed by atoms with van der Waals surface area (Å²) in [6, 6.07) is 11.5. The van der Waals surface area contributed by atoms with E-state index >= 15 is 0 Å². The van der Waals surface area contributed by atoms with Gasteiger partial charge in [-0.05, 0) is 91.0 Å². The lowest BCUT2D eigenvalue weighted by molar-refractivity contribution is -0.131. The molecule has 6 rings (SSSR count). The van der Waals surface area contributed by atoms with Crippen LogP contribution in [0.2, 0.25) is 5.02 Å². The SMILES string of the molecule is O=C(O)/C=C\c1ccc(-c2cc(C34CC5CC(CC(C5)C3)C4)c(O)cc2Cl)cc1. The van der Waals surface area contributed by atoms with Crippen LogP contribution in [0.1, 0.15) is 49.7 Å². The molecule has 0 saturated heterocycles. The molecule has 4 heteroatoms. The second-order valence-electron chi connectivity index (χ2n) is 9.34. The normalized spacial score (nSPS) is 30.2. The van der Waals surface area contributed by atoms with E-state index in [1.165, 1.54) is 38.5 Å². The third kappa shape index (κ3) is 3.36. The Hall–Kier alpha value is -2.26. The van der Waals surface area contributed by atoms with Gasteiger partial charge in [0.25, 0.3) is 0 Å². The molecular weight excluding hydrogens is 384 g/mol. The van der Waals surface area contributed by atoms with Gasteiger partial charge in [-0.3, -0.25) is 0 Å². The van der Waals surface area contributed by atoms with Crippen molar-refractivity contribution in [3.05, 3.63) is 58.6 Å². The fraction of sp³-hybridized carbons (Fsp3) is 0.400. The Morgan fingerprint density at radius 2 is 1.59 bits per heavy atom. The quantitative estimate of drug-likeness (QED) is 0.585. The van der Waals surface area contributed by atoms with Gasteiger partial charge in [0.05, 0.1) is 5.02 Å². The maximum Gasteiger partial charge on any atom is 0.328 e. The van der Waals surface area contributed by atoms with Crippen LogP contribution in [0.4, 0.5) is 0 Å². The molecule has 2 aromatic rings. The Labute approximate surface area is 176 Å². The Kier molecular flexibility index (Phi) is 4.47. The zero-order chi connectivity index (χ0) is 20.2. The monoisotopic (exact) mass is 408 g/mol. The number of halogens is 1. The van der Waals surface area contributed by atoms with Crippen molar-refractivity contribution in [3.8, 4) is 16.9 Å². The number of carboxylic acid groups (broad SMARTS) is 1. The number of phenolic OH excluding ortho intramolecular Hbond substituents is 1. The molecule has 0 aromatic heterocycles. The summed E-state index contributed by atoms with van der Waals surface area (Å²) in [4.78, 5) is 10.7. The molecule has 4 aliphatic carbocycles. The van der Waals surface area contributed by atoms with E-state index in [-0.39, 0.29) is 5.41 Å². The maximum atomic E-state index is 10.8. The molecular formula is C25H25ClO3. The van der Waals surface area contributed by atoms with Crippen molar-refractivity contribution in [2.24, 2.45) is 17.8 Å². The highest BCUT2D eigenvalue weighted by atomic mass is 35.5. The Morgan fingerprint density at radius 1 is 1.00 bits per heavy atom. The standard InChI is InChI=1S/C25H25ClO3/c26-22-11-23(27)21(25-12-16-7-17(13-25)9-18(8-16)14-25)10-20(22)19-4-1-15(2-5-19)3-6-24(28)29/h1-6,10-11,16-18,27H,7-9,12-14H2,(H,28,29)/b6-3-. The highest BCUT2D eigenvalue weighted by Gasteiger charge is 2.52. The number of aromatic hydroxyl groups is 1. The first-order valence-electron chi connectivity index (χ1n) is 10.5.